The number of nitrogens with one attached hydrogen (secondary N) is 1. The van der Waals surface area contributed by atoms with Gasteiger partial charge in [0.25, 0.3) is 0 Å². The van der Waals surface area contributed by atoms with Crippen molar-refractivity contribution in [2.24, 2.45) is 0 Å². The highest BCUT2D eigenvalue weighted by Crippen LogP contribution is 2.20. The van der Waals surface area contributed by atoms with Crippen LogP contribution in [-0.4, -0.2) is 34.8 Å². The maximum atomic E-state index is 8.80. The van der Waals surface area contributed by atoms with E-state index in [0.29, 0.717) is 12.3 Å². The van der Waals surface area contributed by atoms with E-state index in [1.807, 2.05) is 6.07 Å². The monoisotopic (exact) mass is 193 g/mol. The van der Waals surface area contributed by atoms with Crippen LogP contribution < -0.4 is 5.32 Å². The van der Waals surface area contributed by atoms with Crippen LogP contribution in [0.25, 0.3) is 0 Å². The van der Waals surface area contributed by atoms with Crippen molar-refractivity contribution in [3.63, 3.8) is 0 Å². The van der Waals surface area contributed by atoms with Crippen LogP contribution in [0.3, 0.4) is 0 Å². The minimum absolute atomic E-state index is 0.152. The van der Waals surface area contributed by atoms with Gasteiger partial charge in [0.2, 0.25) is 0 Å². The van der Waals surface area contributed by atoms with Crippen LogP contribution in [0.1, 0.15) is 23.7 Å². The van der Waals surface area contributed by atoms with Crippen molar-refractivity contribution in [1.82, 2.24) is 15.3 Å². The van der Waals surface area contributed by atoms with E-state index in [4.69, 9.17) is 5.11 Å². The minimum Gasteiger partial charge on any atom is -0.396 e. The average Bonchev–Trinajstić information content (AvgIpc) is 2.71. The van der Waals surface area contributed by atoms with Gasteiger partial charge in [-0.25, -0.2) is 9.97 Å². The van der Waals surface area contributed by atoms with Gasteiger partial charge >= 0.3 is 0 Å². The summed E-state index contributed by atoms with van der Waals surface area (Å²) in [4.78, 5) is 8.38. The fraction of sp³-hybridized carbons (Fsp3) is 0.600. The lowest BCUT2D eigenvalue weighted by atomic mass is 10.0. The molecule has 1 aromatic rings. The molecular weight excluding hydrogens is 178 g/mol. The van der Waals surface area contributed by atoms with Crippen molar-refractivity contribution in [2.45, 2.75) is 18.8 Å². The predicted octanol–water partition coefficient (Wildman–Crippen LogP) is 0.0883. The Balaban J connectivity index is 2.12. The standard InChI is InChI=1S/C10H15N3O/c14-4-2-9-5-10(13-7-12-9)8-1-3-11-6-8/h5,7-8,11,14H,1-4,6H2/t8-/m0/s1. The first-order valence-electron chi connectivity index (χ1n) is 5.02. The van der Waals surface area contributed by atoms with Crippen LogP contribution in [0, 0.1) is 0 Å². The summed E-state index contributed by atoms with van der Waals surface area (Å²) in [5, 5.41) is 12.1. The van der Waals surface area contributed by atoms with E-state index in [1.165, 1.54) is 0 Å². The van der Waals surface area contributed by atoms with Crippen molar-refractivity contribution < 1.29 is 5.11 Å². The number of aromatic nitrogens is 2. The van der Waals surface area contributed by atoms with E-state index in [1.54, 1.807) is 6.33 Å². The molecule has 76 valence electrons. The van der Waals surface area contributed by atoms with Crippen LogP contribution in [0.4, 0.5) is 0 Å². The molecule has 1 saturated heterocycles. The zero-order valence-electron chi connectivity index (χ0n) is 8.11. The molecule has 0 unspecified atom stereocenters. The molecule has 0 bridgehead atoms. The van der Waals surface area contributed by atoms with Gasteiger partial charge in [-0.1, -0.05) is 0 Å². The van der Waals surface area contributed by atoms with Crippen LogP contribution in [0.2, 0.25) is 0 Å². The highest BCUT2D eigenvalue weighted by molar-refractivity contribution is 5.14. The summed E-state index contributed by atoms with van der Waals surface area (Å²) < 4.78 is 0. The van der Waals surface area contributed by atoms with Crippen molar-refractivity contribution >= 4 is 0 Å². The summed E-state index contributed by atoms with van der Waals surface area (Å²) >= 11 is 0. The van der Waals surface area contributed by atoms with Gasteiger partial charge in [0.15, 0.2) is 0 Å². The summed E-state index contributed by atoms with van der Waals surface area (Å²) in [6.45, 7) is 2.24. The molecule has 1 fully saturated rings. The first-order valence-corrected chi connectivity index (χ1v) is 5.02. The number of hydrogen-bond donors (Lipinski definition) is 2. The van der Waals surface area contributed by atoms with Gasteiger partial charge in [0.05, 0.1) is 0 Å². The van der Waals surface area contributed by atoms with Crippen LogP contribution in [-0.2, 0) is 6.42 Å². The summed E-state index contributed by atoms with van der Waals surface area (Å²) in [6, 6.07) is 2.01. The maximum Gasteiger partial charge on any atom is 0.115 e. The number of aliphatic hydroxyl groups is 1. The van der Waals surface area contributed by atoms with E-state index in [0.717, 1.165) is 30.9 Å². The Morgan fingerprint density at radius 3 is 3.14 bits per heavy atom. The quantitative estimate of drug-likeness (QED) is 0.714. The van der Waals surface area contributed by atoms with E-state index < -0.39 is 0 Å². The van der Waals surface area contributed by atoms with E-state index in [-0.39, 0.29) is 6.61 Å². The molecule has 1 aliphatic rings. The van der Waals surface area contributed by atoms with Gasteiger partial charge in [0.1, 0.15) is 6.33 Å². The molecule has 4 nitrogen and oxygen atoms in total. The first-order chi connectivity index (χ1) is 6.90. The molecule has 0 aromatic carbocycles. The number of nitrogens with zero attached hydrogens (tertiary/aromatic N) is 2. The Morgan fingerprint density at radius 1 is 1.50 bits per heavy atom. The summed E-state index contributed by atoms with van der Waals surface area (Å²) in [5.74, 6) is 0.524. The van der Waals surface area contributed by atoms with Gasteiger partial charge in [-0.3, -0.25) is 0 Å². The van der Waals surface area contributed by atoms with Gasteiger partial charge in [0, 0.05) is 36.9 Å². The smallest absolute Gasteiger partial charge is 0.115 e. The van der Waals surface area contributed by atoms with E-state index >= 15 is 0 Å². The fourth-order valence-corrected chi connectivity index (χ4v) is 1.80. The Kier molecular flexibility index (Phi) is 3.06. The number of hydrogen-bond acceptors (Lipinski definition) is 4. The molecule has 0 saturated carbocycles. The highest BCUT2D eigenvalue weighted by atomic mass is 16.3. The molecule has 0 spiro atoms. The third-order valence-corrected chi connectivity index (χ3v) is 2.59. The third kappa shape index (κ3) is 2.08. The normalized spacial score (nSPS) is 21.4. The lowest BCUT2D eigenvalue weighted by molar-refractivity contribution is 0.298. The van der Waals surface area contributed by atoms with Crippen LogP contribution in [0.15, 0.2) is 12.4 Å². The molecule has 1 aliphatic heterocycles. The molecule has 4 heteroatoms. The summed E-state index contributed by atoms with van der Waals surface area (Å²) in [5.41, 5.74) is 2.04. The second-order valence-corrected chi connectivity index (χ2v) is 3.60. The molecular formula is C10H15N3O. The van der Waals surface area contributed by atoms with Gasteiger partial charge in [-0.2, -0.15) is 0 Å². The largest absolute Gasteiger partial charge is 0.396 e. The van der Waals surface area contributed by atoms with Crippen molar-refractivity contribution in [3.8, 4) is 0 Å². The summed E-state index contributed by atoms with van der Waals surface area (Å²) in [6.07, 6.45) is 3.36. The van der Waals surface area contributed by atoms with Gasteiger partial charge in [-0.05, 0) is 19.0 Å². The number of rotatable bonds is 3. The Labute approximate surface area is 83.4 Å². The fourth-order valence-electron chi connectivity index (χ4n) is 1.80. The predicted molar refractivity (Wildman–Crippen MR) is 53.0 cm³/mol. The van der Waals surface area contributed by atoms with Crippen molar-refractivity contribution in [1.29, 1.82) is 0 Å². The molecule has 2 heterocycles. The molecule has 2 rings (SSSR count). The van der Waals surface area contributed by atoms with Crippen LogP contribution >= 0.6 is 0 Å². The van der Waals surface area contributed by atoms with Crippen LogP contribution in [0.5, 0.6) is 0 Å². The lowest BCUT2D eigenvalue weighted by Crippen LogP contribution is -2.09. The average molecular weight is 193 g/mol. The zero-order chi connectivity index (χ0) is 9.80. The minimum atomic E-state index is 0.152. The van der Waals surface area contributed by atoms with E-state index in [9.17, 15) is 0 Å². The molecule has 0 aliphatic carbocycles. The second kappa shape index (κ2) is 4.48. The van der Waals surface area contributed by atoms with Gasteiger partial charge < -0.3 is 10.4 Å². The Bertz CT molecular complexity index is 297. The molecule has 1 aromatic heterocycles. The maximum absolute atomic E-state index is 8.80. The molecule has 14 heavy (non-hydrogen) atoms. The topological polar surface area (TPSA) is 58.0 Å². The molecule has 0 amide bonds. The molecule has 2 N–H and O–H groups in total. The molecule has 1 atom stereocenters. The Hall–Kier alpha value is -1.00. The zero-order valence-corrected chi connectivity index (χ0v) is 8.11. The summed E-state index contributed by atoms with van der Waals surface area (Å²) in [7, 11) is 0. The highest BCUT2D eigenvalue weighted by Gasteiger charge is 2.17. The van der Waals surface area contributed by atoms with Crippen molar-refractivity contribution in [2.75, 3.05) is 19.7 Å². The van der Waals surface area contributed by atoms with E-state index in [2.05, 4.69) is 15.3 Å². The van der Waals surface area contributed by atoms with Crippen molar-refractivity contribution in [3.05, 3.63) is 23.8 Å². The molecule has 0 radical (unpaired) electrons. The number of aliphatic hydroxyl groups excluding tert-OH is 1. The Morgan fingerprint density at radius 2 is 2.43 bits per heavy atom. The lowest BCUT2D eigenvalue weighted by Gasteiger charge is -2.07. The second-order valence-electron chi connectivity index (χ2n) is 3.60. The first kappa shape index (κ1) is 9.55. The third-order valence-electron chi connectivity index (χ3n) is 2.59. The van der Waals surface area contributed by atoms with Gasteiger partial charge in [-0.15, -0.1) is 0 Å². The SMILES string of the molecule is OCCc1cc([C@H]2CCNC2)ncn1.